The van der Waals surface area contributed by atoms with Crippen LogP contribution >= 0.6 is 0 Å². The van der Waals surface area contributed by atoms with E-state index in [9.17, 15) is 4.79 Å². The molecule has 0 atom stereocenters. The number of likely N-dealkylation sites (N-methyl/N-ethyl adjacent to an activating group) is 1. The lowest BCUT2D eigenvalue weighted by Crippen LogP contribution is -2.34. The second kappa shape index (κ2) is 13.2. The molecule has 36 heavy (non-hydrogen) atoms. The van der Waals surface area contributed by atoms with Crippen LogP contribution in [0.15, 0.2) is 42.5 Å². The lowest BCUT2D eigenvalue weighted by Gasteiger charge is -2.24. The summed E-state index contributed by atoms with van der Waals surface area (Å²) in [4.78, 5) is 20.2. The van der Waals surface area contributed by atoms with E-state index in [0.29, 0.717) is 25.7 Å². The van der Waals surface area contributed by atoms with Gasteiger partial charge in [0.15, 0.2) is 0 Å². The van der Waals surface area contributed by atoms with Crippen LogP contribution in [-0.4, -0.2) is 86.7 Å². The Balaban J connectivity index is 1.56. The molecule has 0 N–H and O–H groups in total. The Kier molecular flexibility index (Phi) is 9.79. The van der Waals surface area contributed by atoms with Gasteiger partial charge in [-0.05, 0) is 73.8 Å². The van der Waals surface area contributed by atoms with Crippen molar-refractivity contribution in [3.05, 3.63) is 64.7 Å². The average Bonchev–Trinajstić information content (AvgIpc) is 3.08. The summed E-state index contributed by atoms with van der Waals surface area (Å²) in [6, 6.07) is 14.8. The number of carbonyl (C=O) groups excluding carboxylic acids is 1. The van der Waals surface area contributed by atoms with Crippen molar-refractivity contribution in [1.82, 2.24) is 14.7 Å². The number of carbonyl (C=O) groups is 1. The lowest BCUT2D eigenvalue weighted by atomic mass is 9.99. The van der Waals surface area contributed by atoms with Crippen LogP contribution in [0.2, 0.25) is 0 Å². The minimum absolute atomic E-state index is 0.116. The molecule has 0 aromatic heterocycles. The second-order valence-corrected chi connectivity index (χ2v) is 10.7. The van der Waals surface area contributed by atoms with Crippen molar-refractivity contribution in [1.29, 1.82) is 0 Å². The summed E-state index contributed by atoms with van der Waals surface area (Å²) in [6.07, 6.45) is 2.93. The third-order valence-electron chi connectivity index (χ3n) is 7.17. The lowest BCUT2D eigenvalue weighted by molar-refractivity contribution is 0.0756. The van der Waals surface area contributed by atoms with Gasteiger partial charge in [-0.15, -0.1) is 0 Å². The van der Waals surface area contributed by atoms with Crippen LogP contribution in [0.3, 0.4) is 0 Å². The fourth-order valence-electron chi connectivity index (χ4n) is 4.96. The van der Waals surface area contributed by atoms with Gasteiger partial charge in [0.25, 0.3) is 5.91 Å². The average molecular weight is 494 g/mol. The summed E-state index contributed by atoms with van der Waals surface area (Å²) in [5.74, 6) is 1.64. The highest BCUT2D eigenvalue weighted by atomic mass is 16.5. The predicted octanol–water partition coefficient (Wildman–Crippen LogP) is 4.31. The molecule has 2 aromatic carbocycles. The minimum atomic E-state index is 0.116. The van der Waals surface area contributed by atoms with Crippen molar-refractivity contribution in [2.45, 2.75) is 39.7 Å². The molecule has 0 spiro atoms. The largest absolute Gasteiger partial charge is 0.491 e. The molecule has 196 valence electrons. The van der Waals surface area contributed by atoms with Gasteiger partial charge in [-0.3, -0.25) is 9.69 Å². The summed E-state index contributed by atoms with van der Waals surface area (Å²) < 4.78 is 12.1. The van der Waals surface area contributed by atoms with Crippen molar-refractivity contribution < 1.29 is 14.3 Å². The van der Waals surface area contributed by atoms with Crippen molar-refractivity contribution in [3.63, 3.8) is 0 Å². The van der Waals surface area contributed by atoms with Gasteiger partial charge in [0.1, 0.15) is 12.4 Å². The van der Waals surface area contributed by atoms with E-state index in [1.165, 1.54) is 17.5 Å². The highest BCUT2D eigenvalue weighted by molar-refractivity contribution is 5.94. The Morgan fingerprint density at radius 1 is 0.944 bits per heavy atom. The fraction of sp³-hybridized carbons (Fsp3) is 0.567. The molecule has 1 amide bonds. The highest BCUT2D eigenvalue weighted by Gasteiger charge is 2.20. The summed E-state index contributed by atoms with van der Waals surface area (Å²) in [6.45, 7) is 12.8. The van der Waals surface area contributed by atoms with Crippen LogP contribution < -0.4 is 4.74 Å². The van der Waals surface area contributed by atoms with Gasteiger partial charge >= 0.3 is 0 Å². The third kappa shape index (κ3) is 7.79. The van der Waals surface area contributed by atoms with E-state index in [1.807, 2.05) is 23.1 Å². The Hall–Kier alpha value is -2.41. The first kappa shape index (κ1) is 26.6. The van der Waals surface area contributed by atoms with Crippen molar-refractivity contribution in [3.8, 4) is 5.75 Å². The van der Waals surface area contributed by atoms with E-state index in [1.54, 1.807) is 0 Å². The van der Waals surface area contributed by atoms with E-state index in [4.69, 9.17) is 9.47 Å². The summed E-state index contributed by atoms with van der Waals surface area (Å²) in [5.41, 5.74) is 4.36. The molecule has 1 saturated heterocycles. The Labute approximate surface area is 217 Å². The Bertz CT molecular complexity index is 993. The molecule has 2 heterocycles. The Morgan fingerprint density at radius 2 is 1.81 bits per heavy atom. The molecule has 6 nitrogen and oxygen atoms in total. The number of benzene rings is 2. The van der Waals surface area contributed by atoms with Crippen LogP contribution in [0.25, 0.3) is 0 Å². The zero-order valence-corrected chi connectivity index (χ0v) is 22.4. The number of amides is 1. The zero-order chi connectivity index (χ0) is 25.3. The molecule has 2 aliphatic rings. The topological polar surface area (TPSA) is 45.3 Å². The van der Waals surface area contributed by atoms with E-state index < -0.39 is 0 Å². The molecule has 0 saturated carbocycles. The number of rotatable bonds is 4. The maximum absolute atomic E-state index is 13.4. The van der Waals surface area contributed by atoms with Gasteiger partial charge in [-0.2, -0.15) is 0 Å². The fourth-order valence-corrected chi connectivity index (χ4v) is 4.96. The number of hydrogen-bond acceptors (Lipinski definition) is 5. The molecular formula is C30H43N3O3. The van der Waals surface area contributed by atoms with Crippen LogP contribution in [-0.2, 0) is 17.7 Å². The zero-order valence-electron chi connectivity index (χ0n) is 22.4. The molecule has 2 aliphatic heterocycles. The maximum Gasteiger partial charge on any atom is 0.253 e. The quantitative estimate of drug-likeness (QED) is 0.635. The van der Waals surface area contributed by atoms with Crippen LogP contribution in [0, 0.1) is 5.92 Å². The maximum atomic E-state index is 13.4. The summed E-state index contributed by atoms with van der Waals surface area (Å²) >= 11 is 0. The number of nitrogens with zero attached hydrogens (tertiary/aromatic N) is 3. The summed E-state index contributed by atoms with van der Waals surface area (Å²) in [7, 11) is 2.12. The van der Waals surface area contributed by atoms with E-state index in [2.05, 4.69) is 55.0 Å². The monoisotopic (exact) mass is 493 g/mol. The Morgan fingerprint density at radius 3 is 2.67 bits per heavy atom. The van der Waals surface area contributed by atoms with Crippen LogP contribution in [0.1, 0.15) is 53.7 Å². The predicted molar refractivity (Wildman–Crippen MR) is 145 cm³/mol. The standard InChI is InChI=1S/C30H43N3O3/c1-24(2)10-13-32-16-17-35-18-19-36-29-9-8-27(30(34)33-12-5-11-31(3)14-15-33)22-28(29)21-25-6-4-7-26(20-25)23-32/h4,6-9,20,22,24H,5,10-19,21,23H2,1-3H3. The molecular weight excluding hydrogens is 450 g/mol. The molecule has 4 rings (SSSR count). The van der Waals surface area contributed by atoms with Gasteiger partial charge in [-0.25, -0.2) is 0 Å². The van der Waals surface area contributed by atoms with E-state index in [0.717, 1.165) is 75.5 Å². The summed E-state index contributed by atoms with van der Waals surface area (Å²) in [5, 5.41) is 0. The van der Waals surface area contributed by atoms with Gasteiger partial charge in [-0.1, -0.05) is 38.1 Å². The minimum Gasteiger partial charge on any atom is -0.491 e. The molecule has 0 unspecified atom stereocenters. The SMILES string of the molecule is CC(C)CCN1CCOCCOc2ccc(C(=O)N3CCCN(C)CC3)cc2Cc2cccc(c2)C1. The second-order valence-electron chi connectivity index (χ2n) is 10.7. The van der Waals surface area contributed by atoms with Gasteiger partial charge in [0.2, 0.25) is 0 Å². The smallest absolute Gasteiger partial charge is 0.253 e. The first-order chi connectivity index (χ1) is 17.5. The normalized spacial score (nSPS) is 18.7. The molecule has 0 radical (unpaired) electrons. The molecule has 1 fully saturated rings. The molecule has 2 bridgehead atoms. The number of fused-ring (bicyclic) bond motifs is 3. The van der Waals surface area contributed by atoms with Crippen LogP contribution in [0.5, 0.6) is 5.75 Å². The number of ether oxygens (including phenoxy) is 2. The van der Waals surface area contributed by atoms with Crippen molar-refractivity contribution in [2.75, 3.05) is 66.1 Å². The third-order valence-corrected chi connectivity index (χ3v) is 7.17. The number of hydrogen-bond donors (Lipinski definition) is 0. The van der Waals surface area contributed by atoms with Crippen LogP contribution in [0.4, 0.5) is 0 Å². The molecule has 2 aromatic rings. The van der Waals surface area contributed by atoms with Gasteiger partial charge in [0.05, 0.1) is 13.2 Å². The van der Waals surface area contributed by atoms with Gasteiger partial charge < -0.3 is 19.3 Å². The first-order valence-electron chi connectivity index (χ1n) is 13.6. The van der Waals surface area contributed by atoms with Gasteiger partial charge in [0, 0.05) is 44.7 Å². The van der Waals surface area contributed by atoms with E-state index >= 15 is 0 Å². The van der Waals surface area contributed by atoms with Crippen molar-refractivity contribution >= 4 is 5.91 Å². The highest BCUT2D eigenvalue weighted by Crippen LogP contribution is 2.25. The van der Waals surface area contributed by atoms with E-state index in [-0.39, 0.29) is 5.91 Å². The molecule has 0 aliphatic carbocycles. The first-order valence-corrected chi connectivity index (χ1v) is 13.6. The molecule has 6 heteroatoms. The van der Waals surface area contributed by atoms with Crippen molar-refractivity contribution in [2.24, 2.45) is 5.92 Å².